The summed E-state index contributed by atoms with van der Waals surface area (Å²) >= 11 is 0. The van der Waals surface area contributed by atoms with Crippen LogP contribution >= 0.6 is 0 Å². The molecule has 0 spiro atoms. The first kappa shape index (κ1) is 11.2. The second kappa shape index (κ2) is 4.38. The lowest BCUT2D eigenvalue weighted by Gasteiger charge is -2.26. The molecule has 0 fully saturated rings. The van der Waals surface area contributed by atoms with Crippen LogP contribution in [0.5, 0.6) is 0 Å². The smallest absolute Gasteiger partial charge is 0.144 e. The van der Waals surface area contributed by atoms with Crippen molar-refractivity contribution in [1.82, 2.24) is 24.4 Å². The van der Waals surface area contributed by atoms with Crippen LogP contribution in [0.2, 0.25) is 0 Å². The van der Waals surface area contributed by atoms with Crippen LogP contribution in [-0.4, -0.2) is 31.0 Å². The molecule has 0 unspecified atom stereocenters. The summed E-state index contributed by atoms with van der Waals surface area (Å²) in [5, 5.41) is 0. The molecule has 1 aliphatic rings. The third kappa shape index (κ3) is 2.19. The summed E-state index contributed by atoms with van der Waals surface area (Å²) in [5.74, 6) is 2.42. The first-order valence-electron chi connectivity index (χ1n) is 6.03. The molecular weight excluding hydrogens is 228 g/mol. The number of hydrogen-bond acceptors (Lipinski definition) is 5. The molecule has 0 radical (unpaired) electrons. The van der Waals surface area contributed by atoms with Crippen molar-refractivity contribution in [2.45, 2.75) is 26.6 Å². The first-order chi connectivity index (χ1) is 8.70. The Morgan fingerprint density at radius 2 is 2.22 bits per heavy atom. The van der Waals surface area contributed by atoms with Gasteiger partial charge in [-0.3, -0.25) is 4.90 Å². The van der Waals surface area contributed by atoms with Gasteiger partial charge in [0, 0.05) is 37.2 Å². The number of hydrogen-bond donors (Lipinski definition) is 1. The van der Waals surface area contributed by atoms with Gasteiger partial charge >= 0.3 is 0 Å². The quantitative estimate of drug-likeness (QED) is 0.836. The second-order valence-electron chi connectivity index (χ2n) is 4.60. The van der Waals surface area contributed by atoms with Crippen molar-refractivity contribution in [2.24, 2.45) is 0 Å². The average molecular weight is 244 g/mol. The standard InChI is InChI=1S/C12H16N6/c1-9-6-10(13)16-11(15-9)7-17-4-5-18-3-2-14-12(18)8-17/h2-3,6H,4-5,7-8H2,1H3,(H2,13,15,16). The van der Waals surface area contributed by atoms with Crippen molar-refractivity contribution < 1.29 is 0 Å². The Morgan fingerprint density at radius 3 is 3.06 bits per heavy atom. The first-order valence-corrected chi connectivity index (χ1v) is 6.03. The Labute approximate surface area is 105 Å². The van der Waals surface area contributed by atoms with Gasteiger partial charge in [0.25, 0.3) is 0 Å². The molecule has 1 aliphatic heterocycles. The minimum absolute atomic E-state index is 0.538. The minimum Gasteiger partial charge on any atom is -0.384 e. The zero-order valence-electron chi connectivity index (χ0n) is 10.4. The molecular formula is C12H16N6. The molecule has 2 aromatic rings. The number of aromatic nitrogens is 4. The van der Waals surface area contributed by atoms with Crippen LogP contribution in [0.1, 0.15) is 17.3 Å². The van der Waals surface area contributed by atoms with E-state index in [1.165, 1.54) is 0 Å². The number of anilines is 1. The van der Waals surface area contributed by atoms with Crippen molar-refractivity contribution in [2.75, 3.05) is 12.3 Å². The van der Waals surface area contributed by atoms with Gasteiger partial charge in [-0.2, -0.15) is 0 Å². The zero-order chi connectivity index (χ0) is 12.5. The fourth-order valence-electron chi connectivity index (χ4n) is 2.29. The Kier molecular flexibility index (Phi) is 2.71. The summed E-state index contributed by atoms with van der Waals surface area (Å²) in [6.45, 7) is 5.45. The number of nitrogens with two attached hydrogens (primary N) is 1. The van der Waals surface area contributed by atoms with E-state index in [9.17, 15) is 0 Å². The van der Waals surface area contributed by atoms with Gasteiger partial charge in [-0.05, 0) is 6.92 Å². The summed E-state index contributed by atoms with van der Waals surface area (Å²) in [7, 11) is 0. The van der Waals surface area contributed by atoms with E-state index >= 15 is 0 Å². The normalized spacial score (nSPS) is 15.6. The van der Waals surface area contributed by atoms with Crippen LogP contribution in [0.4, 0.5) is 5.82 Å². The van der Waals surface area contributed by atoms with Crippen LogP contribution < -0.4 is 5.73 Å². The molecule has 6 nitrogen and oxygen atoms in total. The van der Waals surface area contributed by atoms with Crippen molar-refractivity contribution in [3.8, 4) is 0 Å². The predicted molar refractivity (Wildman–Crippen MR) is 67.5 cm³/mol. The summed E-state index contributed by atoms with van der Waals surface area (Å²) in [5.41, 5.74) is 6.65. The molecule has 0 aromatic carbocycles. The molecule has 0 aliphatic carbocycles. The Morgan fingerprint density at radius 1 is 1.33 bits per heavy atom. The van der Waals surface area contributed by atoms with Gasteiger partial charge in [0.05, 0.1) is 13.1 Å². The van der Waals surface area contributed by atoms with Crippen molar-refractivity contribution in [1.29, 1.82) is 0 Å². The van der Waals surface area contributed by atoms with E-state index in [0.29, 0.717) is 5.82 Å². The van der Waals surface area contributed by atoms with Crippen molar-refractivity contribution in [3.05, 3.63) is 35.8 Å². The molecule has 0 atom stereocenters. The number of nitrogen functional groups attached to an aromatic ring is 1. The number of rotatable bonds is 2. The summed E-state index contributed by atoms with van der Waals surface area (Å²) in [6.07, 6.45) is 3.87. The van der Waals surface area contributed by atoms with Gasteiger partial charge in [0.1, 0.15) is 17.5 Å². The maximum atomic E-state index is 5.74. The highest BCUT2D eigenvalue weighted by Crippen LogP contribution is 2.13. The van der Waals surface area contributed by atoms with Gasteiger partial charge in [0.15, 0.2) is 0 Å². The van der Waals surface area contributed by atoms with E-state index < -0.39 is 0 Å². The Hall–Kier alpha value is -1.95. The third-order valence-electron chi connectivity index (χ3n) is 3.11. The maximum absolute atomic E-state index is 5.74. The molecule has 18 heavy (non-hydrogen) atoms. The SMILES string of the molecule is Cc1cc(N)nc(CN2CCn3ccnc3C2)n1. The molecule has 6 heteroatoms. The fourth-order valence-corrected chi connectivity index (χ4v) is 2.29. The van der Waals surface area contributed by atoms with E-state index in [2.05, 4.69) is 24.4 Å². The molecule has 2 aromatic heterocycles. The average Bonchev–Trinajstić information content (AvgIpc) is 2.74. The van der Waals surface area contributed by atoms with Gasteiger partial charge < -0.3 is 10.3 Å². The highest BCUT2D eigenvalue weighted by Gasteiger charge is 2.17. The maximum Gasteiger partial charge on any atom is 0.144 e. The van der Waals surface area contributed by atoms with Crippen LogP contribution in [0.25, 0.3) is 0 Å². The molecule has 3 rings (SSSR count). The lowest BCUT2D eigenvalue weighted by Crippen LogP contribution is -2.33. The summed E-state index contributed by atoms with van der Waals surface area (Å²) < 4.78 is 2.18. The third-order valence-corrected chi connectivity index (χ3v) is 3.11. The van der Waals surface area contributed by atoms with E-state index in [1.54, 1.807) is 6.07 Å². The highest BCUT2D eigenvalue weighted by atomic mass is 15.2. The van der Waals surface area contributed by atoms with Gasteiger partial charge in [-0.15, -0.1) is 0 Å². The predicted octanol–water partition coefficient (Wildman–Crippen LogP) is 0.580. The van der Waals surface area contributed by atoms with Crippen LogP contribution in [0, 0.1) is 6.92 Å². The van der Waals surface area contributed by atoms with E-state index in [0.717, 1.165) is 43.5 Å². The van der Waals surface area contributed by atoms with E-state index in [4.69, 9.17) is 5.73 Å². The van der Waals surface area contributed by atoms with E-state index in [-0.39, 0.29) is 0 Å². The molecule has 0 saturated heterocycles. The zero-order valence-corrected chi connectivity index (χ0v) is 10.4. The van der Waals surface area contributed by atoms with Crippen LogP contribution in [-0.2, 0) is 19.6 Å². The largest absolute Gasteiger partial charge is 0.384 e. The van der Waals surface area contributed by atoms with Crippen molar-refractivity contribution >= 4 is 5.82 Å². The van der Waals surface area contributed by atoms with Crippen LogP contribution in [0.3, 0.4) is 0 Å². The second-order valence-corrected chi connectivity index (χ2v) is 4.60. The molecule has 0 saturated carbocycles. The highest BCUT2D eigenvalue weighted by molar-refractivity contribution is 5.29. The monoisotopic (exact) mass is 244 g/mol. The lowest BCUT2D eigenvalue weighted by molar-refractivity contribution is 0.204. The number of fused-ring (bicyclic) bond motifs is 1. The number of imidazole rings is 1. The van der Waals surface area contributed by atoms with Gasteiger partial charge in [0.2, 0.25) is 0 Å². The van der Waals surface area contributed by atoms with E-state index in [1.807, 2.05) is 19.3 Å². The topological polar surface area (TPSA) is 72.9 Å². The van der Waals surface area contributed by atoms with Gasteiger partial charge in [-0.25, -0.2) is 15.0 Å². The minimum atomic E-state index is 0.538. The molecule has 0 amide bonds. The molecule has 0 bridgehead atoms. The fraction of sp³-hybridized carbons (Fsp3) is 0.417. The Balaban J connectivity index is 1.74. The van der Waals surface area contributed by atoms with Crippen molar-refractivity contribution in [3.63, 3.8) is 0 Å². The lowest BCUT2D eigenvalue weighted by atomic mass is 10.3. The Bertz CT molecular complexity index is 541. The molecule has 3 heterocycles. The van der Waals surface area contributed by atoms with Crippen LogP contribution in [0.15, 0.2) is 18.5 Å². The summed E-state index contributed by atoms with van der Waals surface area (Å²) in [6, 6.07) is 1.78. The van der Waals surface area contributed by atoms with Gasteiger partial charge in [-0.1, -0.05) is 0 Å². The molecule has 2 N–H and O–H groups in total. The summed E-state index contributed by atoms with van der Waals surface area (Å²) in [4.78, 5) is 15.3. The number of nitrogens with zero attached hydrogens (tertiary/aromatic N) is 5. The number of aryl methyl sites for hydroxylation is 1. The molecule has 94 valence electrons.